The normalized spacial score (nSPS) is 13.7. The molecular weight excluding hydrogens is 677 g/mol. The molecule has 0 saturated heterocycles. The van der Waals surface area contributed by atoms with Gasteiger partial charge in [0.2, 0.25) is 0 Å². The lowest BCUT2D eigenvalue weighted by Gasteiger charge is -2.19. The van der Waals surface area contributed by atoms with E-state index in [0.717, 1.165) is 70.6 Å². The number of carbonyl (C=O) groups excluding carboxylic acids is 2. The zero-order chi connectivity index (χ0) is 38.2. The summed E-state index contributed by atoms with van der Waals surface area (Å²) < 4.78 is 32.7. The Hall–Kier alpha value is -1.77. The van der Waals surface area contributed by atoms with Gasteiger partial charge in [0.25, 0.3) is 0 Å². The Morgan fingerprint density at radius 2 is 1.00 bits per heavy atom. The van der Waals surface area contributed by atoms with E-state index in [1.165, 1.54) is 83.5 Å². The Kier molecular flexibility index (Phi) is 37.6. The SMILES string of the molecule is CCCCC/C=C/C/C=C/CCCCCCCCCC(=O)OC[C@H](COP(=O)(O)OCCN)OC(=O)CCCCCCC/C=C/CCCCCCC. The molecule has 0 aliphatic carbocycles. The van der Waals surface area contributed by atoms with Gasteiger partial charge in [-0.15, -0.1) is 0 Å². The molecule has 0 aliphatic heterocycles. The molecule has 0 spiro atoms. The molecule has 304 valence electrons. The molecule has 52 heavy (non-hydrogen) atoms. The Bertz CT molecular complexity index is 954. The van der Waals surface area contributed by atoms with E-state index in [1.54, 1.807) is 0 Å². The third-order valence-electron chi connectivity index (χ3n) is 8.75. The molecule has 0 fully saturated rings. The molecule has 1 unspecified atom stereocenters. The summed E-state index contributed by atoms with van der Waals surface area (Å²) in [4.78, 5) is 34.8. The lowest BCUT2D eigenvalue weighted by atomic mass is 10.1. The van der Waals surface area contributed by atoms with E-state index in [9.17, 15) is 19.0 Å². The number of allylic oxidation sites excluding steroid dienone is 6. The summed E-state index contributed by atoms with van der Waals surface area (Å²) >= 11 is 0. The van der Waals surface area contributed by atoms with E-state index in [4.69, 9.17) is 24.3 Å². The maximum absolute atomic E-state index is 12.5. The fourth-order valence-corrected chi connectivity index (χ4v) is 6.36. The first-order chi connectivity index (χ1) is 25.3. The number of unbranched alkanes of at least 4 members (excludes halogenated alkanes) is 20. The van der Waals surface area contributed by atoms with Gasteiger partial charge in [-0.05, 0) is 70.6 Å². The fraction of sp³-hybridized carbons (Fsp3) is 0.810. The number of nitrogens with two attached hydrogens (primary N) is 1. The number of esters is 2. The molecule has 0 aromatic carbocycles. The van der Waals surface area contributed by atoms with Crippen LogP contribution in [0, 0.1) is 0 Å². The highest BCUT2D eigenvalue weighted by molar-refractivity contribution is 7.47. The predicted octanol–water partition coefficient (Wildman–Crippen LogP) is 11.8. The number of phosphoric acid groups is 1. The second kappa shape index (κ2) is 38.9. The number of phosphoric ester groups is 1. The van der Waals surface area contributed by atoms with Gasteiger partial charge in [0.05, 0.1) is 13.2 Å². The standard InChI is InChI=1S/C42H78NO8P/c1-3-5-7-9-11-13-15-17-19-20-21-23-24-26-28-30-32-34-41(44)48-38-40(39-50-52(46,47)49-37-36-43)51-42(45)35-33-31-29-27-25-22-18-16-14-12-10-8-6-4-2/h11,13,16-19,40H,3-10,12,14-15,20-39,43H2,1-2H3,(H,46,47)/b13-11+,18-16+,19-17+/t40-/m1/s1. The van der Waals surface area contributed by atoms with Gasteiger partial charge < -0.3 is 20.1 Å². The molecular formula is C42H78NO8P. The molecule has 2 atom stereocenters. The van der Waals surface area contributed by atoms with Crippen LogP contribution >= 0.6 is 7.82 Å². The van der Waals surface area contributed by atoms with Crippen molar-refractivity contribution < 1.29 is 37.6 Å². The van der Waals surface area contributed by atoms with Crippen LogP contribution < -0.4 is 5.73 Å². The van der Waals surface area contributed by atoms with Crippen LogP contribution in [0.4, 0.5) is 0 Å². The van der Waals surface area contributed by atoms with Crippen LogP contribution in [-0.2, 0) is 32.7 Å². The van der Waals surface area contributed by atoms with Crippen LogP contribution in [0.3, 0.4) is 0 Å². The summed E-state index contributed by atoms with van der Waals surface area (Å²) in [5.74, 6) is -0.847. The van der Waals surface area contributed by atoms with E-state index in [0.29, 0.717) is 6.42 Å². The summed E-state index contributed by atoms with van der Waals surface area (Å²) in [5, 5.41) is 0. The van der Waals surface area contributed by atoms with Gasteiger partial charge in [-0.3, -0.25) is 18.6 Å². The number of rotatable bonds is 39. The minimum atomic E-state index is -4.38. The molecule has 9 nitrogen and oxygen atoms in total. The molecule has 0 aliphatic rings. The molecule has 0 rings (SSSR count). The highest BCUT2D eigenvalue weighted by Crippen LogP contribution is 2.43. The molecule has 0 heterocycles. The second-order valence-corrected chi connectivity index (χ2v) is 15.3. The molecule has 0 bridgehead atoms. The van der Waals surface area contributed by atoms with Gasteiger partial charge in [0, 0.05) is 19.4 Å². The smallest absolute Gasteiger partial charge is 0.462 e. The summed E-state index contributed by atoms with van der Waals surface area (Å²) in [6.45, 7) is 3.68. The number of carbonyl (C=O) groups is 2. The average molecular weight is 756 g/mol. The highest BCUT2D eigenvalue weighted by Gasteiger charge is 2.26. The van der Waals surface area contributed by atoms with Gasteiger partial charge in [-0.25, -0.2) is 4.57 Å². The zero-order valence-electron chi connectivity index (χ0n) is 33.3. The van der Waals surface area contributed by atoms with Crippen molar-refractivity contribution in [2.24, 2.45) is 5.73 Å². The first-order valence-electron chi connectivity index (χ1n) is 21.0. The van der Waals surface area contributed by atoms with Gasteiger partial charge >= 0.3 is 19.8 Å². The maximum atomic E-state index is 12.5. The molecule has 10 heteroatoms. The van der Waals surface area contributed by atoms with E-state index in [1.807, 2.05) is 0 Å². The maximum Gasteiger partial charge on any atom is 0.472 e. The molecule has 0 aromatic heterocycles. The third kappa shape index (κ3) is 38.0. The third-order valence-corrected chi connectivity index (χ3v) is 9.73. The molecule has 3 N–H and O–H groups in total. The molecule has 0 radical (unpaired) electrons. The van der Waals surface area contributed by atoms with Crippen LogP contribution in [0.5, 0.6) is 0 Å². The average Bonchev–Trinajstić information content (AvgIpc) is 3.13. The van der Waals surface area contributed by atoms with Gasteiger partial charge in [0.15, 0.2) is 6.10 Å². The lowest BCUT2D eigenvalue weighted by Crippen LogP contribution is -2.29. The van der Waals surface area contributed by atoms with Crippen LogP contribution in [0.15, 0.2) is 36.5 Å². The van der Waals surface area contributed by atoms with Crippen LogP contribution in [0.25, 0.3) is 0 Å². The van der Waals surface area contributed by atoms with Crippen molar-refractivity contribution in [1.82, 2.24) is 0 Å². The minimum Gasteiger partial charge on any atom is -0.462 e. The largest absolute Gasteiger partial charge is 0.472 e. The van der Waals surface area contributed by atoms with Crippen molar-refractivity contribution in [2.75, 3.05) is 26.4 Å². The summed E-state index contributed by atoms with van der Waals surface area (Å²) in [6, 6.07) is 0. The summed E-state index contributed by atoms with van der Waals surface area (Å²) in [6.07, 6.45) is 41.7. The fourth-order valence-electron chi connectivity index (χ4n) is 5.60. The number of hydrogen-bond donors (Lipinski definition) is 2. The molecule has 0 aromatic rings. The van der Waals surface area contributed by atoms with Crippen LogP contribution in [-0.4, -0.2) is 49.3 Å². The first-order valence-corrected chi connectivity index (χ1v) is 22.5. The number of ether oxygens (including phenoxy) is 2. The topological polar surface area (TPSA) is 134 Å². The van der Waals surface area contributed by atoms with E-state index in [2.05, 4.69) is 50.3 Å². The van der Waals surface area contributed by atoms with E-state index < -0.39 is 32.5 Å². The first kappa shape index (κ1) is 50.2. The quantitative estimate of drug-likeness (QED) is 0.0272. The monoisotopic (exact) mass is 756 g/mol. The molecule has 0 amide bonds. The lowest BCUT2D eigenvalue weighted by molar-refractivity contribution is -0.161. The van der Waals surface area contributed by atoms with Crippen molar-refractivity contribution in [3.8, 4) is 0 Å². The van der Waals surface area contributed by atoms with E-state index >= 15 is 0 Å². The zero-order valence-corrected chi connectivity index (χ0v) is 34.2. The minimum absolute atomic E-state index is 0.0506. The van der Waals surface area contributed by atoms with Crippen molar-refractivity contribution >= 4 is 19.8 Å². The van der Waals surface area contributed by atoms with Crippen LogP contribution in [0.2, 0.25) is 0 Å². The number of hydrogen-bond acceptors (Lipinski definition) is 8. The summed E-state index contributed by atoms with van der Waals surface area (Å²) in [5.41, 5.74) is 5.34. The highest BCUT2D eigenvalue weighted by atomic mass is 31.2. The summed E-state index contributed by atoms with van der Waals surface area (Å²) in [7, 11) is -4.38. The van der Waals surface area contributed by atoms with Crippen molar-refractivity contribution in [2.45, 2.75) is 193 Å². The van der Waals surface area contributed by atoms with Crippen LogP contribution in [0.1, 0.15) is 187 Å². The Morgan fingerprint density at radius 3 is 1.52 bits per heavy atom. The Labute approximate surface area is 318 Å². The van der Waals surface area contributed by atoms with Gasteiger partial charge in [-0.1, -0.05) is 140 Å². The van der Waals surface area contributed by atoms with Gasteiger partial charge in [-0.2, -0.15) is 0 Å². The Morgan fingerprint density at radius 1 is 0.577 bits per heavy atom. The second-order valence-electron chi connectivity index (χ2n) is 13.8. The van der Waals surface area contributed by atoms with E-state index in [-0.39, 0.29) is 32.6 Å². The van der Waals surface area contributed by atoms with Crippen molar-refractivity contribution in [3.05, 3.63) is 36.5 Å². The van der Waals surface area contributed by atoms with Gasteiger partial charge in [0.1, 0.15) is 6.61 Å². The predicted molar refractivity (Wildman–Crippen MR) is 215 cm³/mol. The van der Waals surface area contributed by atoms with Crippen molar-refractivity contribution in [3.63, 3.8) is 0 Å². The van der Waals surface area contributed by atoms with Crippen molar-refractivity contribution in [1.29, 1.82) is 0 Å². The Balaban J connectivity index is 4.19. The molecule has 0 saturated carbocycles.